The van der Waals surface area contributed by atoms with E-state index in [2.05, 4.69) is 4.99 Å². The van der Waals surface area contributed by atoms with E-state index in [4.69, 9.17) is 16.0 Å². The lowest BCUT2D eigenvalue weighted by Crippen LogP contribution is -2.28. The third-order valence-electron chi connectivity index (χ3n) is 4.56. The number of rotatable bonds is 5. The summed E-state index contributed by atoms with van der Waals surface area (Å²) in [7, 11) is 0. The highest BCUT2D eigenvalue weighted by atomic mass is 35.5. The summed E-state index contributed by atoms with van der Waals surface area (Å²) in [5.41, 5.74) is 1.38. The Morgan fingerprint density at radius 2 is 2.00 bits per heavy atom. The highest BCUT2D eigenvalue weighted by Crippen LogP contribution is 2.35. The number of carboxylic acid groups (broad SMARTS) is 1. The van der Waals surface area contributed by atoms with Crippen LogP contribution in [0.25, 0.3) is 17.4 Å². The van der Waals surface area contributed by atoms with E-state index in [-0.39, 0.29) is 11.5 Å². The normalized spacial score (nSPS) is 16.5. The predicted molar refractivity (Wildman–Crippen MR) is 123 cm³/mol. The smallest absolute Gasteiger partial charge is 0.335 e. The Morgan fingerprint density at radius 1 is 1.19 bits per heavy atom. The van der Waals surface area contributed by atoms with E-state index in [9.17, 15) is 14.7 Å². The number of carboxylic acids is 1. The minimum atomic E-state index is -1.03. The fourth-order valence-corrected chi connectivity index (χ4v) is 4.33. The van der Waals surface area contributed by atoms with E-state index in [1.165, 1.54) is 23.9 Å². The molecule has 8 heteroatoms. The largest absolute Gasteiger partial charge is 0.478 e. The van der Waals surface area contributed by atoms with E-state index in [0.717, 1.165) is 5.56 Å². The molecule has 3 aromatic rings. The van der Waals surface area contributed by atoms with Crippen LogP contribution in [0.15, 0.2) is 75.0 Å². The minimum Gasteiger partial charge on any atom is -0.478 e. The monoisotopic (exact) mass is 452 g/mol. The average molecular weight is 453 g/mol. The first-order valence-electron chi connectivity index (χ1n) is 9.44. The maximum absolute atomic E-state index is 12.8. The van der Waals surface area contributed by atoms with Crippen molar-refractivity contribution in [2.45, 2.75) is 6.92 Å². The highest BCUT2D eigenvalue weighted by molar-refractivity contribution is 8.18. The molecule has 6 nitrogen and oxygen atoms in total. The third kappa shape index (κ3) is 4.42. The van der Waals surface area contributed by atoms with Crippen molar-refractivity contribution in [1.82, 2.24) is 4.90 Å². The van der Waals surface area contributed by atoms with Crippen molar-refractivity contribution < 1.29 is 19.1 Å². The second-order valence-electron chi connectivity index (χ2n) is 6.59. The number of carbonyl (C=O) groups excluding carboxylic acids is 1. The molecule has 1 N–H and O–H groups in total. The lowest BCUT2D eigenvalue weighted by atomic mass is 10.2. The molecular formula is C23H17ClN2O4S. The minimum absolute atomic E-state index is 0.137. The Balaban J connectivity index is 1.63. The number of thioether (sulfide) groups is 1. The molecule has 1 fully saturated rings. The number of hydrogen-bond donors (Lipinski definition) is 1. The van der Waals surface area contributed by atoms with Gasteiger partial charge in [-0.3, -0.25) is 9.69 Å². The van der Waals surface area contributed by atoms with E-state index in [1.807, 2.05) is 31.2 Å². The zero-order valence-corrected chi connectivity index (χ0v) is 18.0. The summed E-state index contributed by atoms with van der Waals surface area (Å²) in [5, 5.41) is 10.2. The van der Waals surface area contributed by atoms with Crippen LogP contribution in [-0.2, 0) is 4.79 Å². The molecule has 2 aromatic carbocycles. The number of nitrogens with zero attached hydrogens (tertiary/aromatic N) is 2. The quantitative estimate of drug-likeness (QED) is 0.485. The van der Waals surface area contributed by atoms with Crippen LogP contribution in [0.5, 0.6) is 0 Å². The van der Waals surface area contributed by atoms with Crippen molar-refractivity contribution in [3.63, 3.8) is 0 Å². The van der Waals surface area contributed by atoms with Gasteiger partial charge < -0.3 is 9.52 Å². The van der Waals surface area contributed by atoms with Crippen LogP contribution in [-0.4, -0.2) is 33.6 Å². The number of furan rings is 1. The van der Waals surface area contributed by atoms with Gasteiger partial charge in [0.25, 0.3) is 5.91 Å². The van der Waals surface area contributed by atoms with Gasteiger partial charge in [-0.2, -0.15) is 0 Å². The van der Waals surface area contributed by atoms with Crippen molar-refractivity contribution in [3.8, 4) is 11.3 Å². The zero-order valence-electron chi connectivity index (χ0n) is 16.4. The first-order valence-corrected chi connectivity index (χ1v) is 10.6. The molecule has 2 heterocycles. The van der Waals surface area contributed by atoms with Crippen LogP contribution in [0.2, 0.25) is 5.02 Å². The van der Waals surface area contributed by atoms with Gasteiger partial charge in [0.15, 0.2) is 5.17 Å². The lowest BCUT2D eigenvalue weighted by molar-refractivity contribution is -0.122. The molecule has 1 saturated heterocycles. The first-order chi connectivity index (χ1) is 15.0. The number of carbonyl (C=O) groups is 2. The SMILES string of the molecule is CCN1C(=O)/C(=C\c2ccc(-c3ccccc3Cl)o2)SC1=Nc1cccc(C(=O)O)c1. The molecule has 1 amide bonds. The standard InChI is InChI=1S/C23H17ClN2O4S/c1-2-26-21(27)20(31-23(26)25-15-7-5-6-14(12-15)22(28)29)13-16-10-11-19(30-16)17-8-3-4-9-18(17)24/h3-13H,2H2,1H3,(H,28,29)/b20-13+,25-23?. The molecule has 4 rings (SSSR count). The van der Waals surface area contributed by atoms with E-state index in [1.54, 1.807) is 35.2 Å². The summed E-state index contributed by atoms with van der Waals surface area (Å²) in [5.74, 6) is -0.0795. The Kier molecular flexibility index (Phi) is 5.97. The maximum Gasteiger partial charge on any atom is 0.335 e. The number of amides is 1. The molecule has 0 aliphatic carbocycles. The molecule has 1 aromatic heterocycles. The molecule has 156 valence electrons. The molecule has 0 atom stereocenters. The molecule has 0 saturated carbocycles. The summed E-state index contributed by atoms with van der Waals surface area (Å²) in [4.78, 5) is 30.5. The Bertz CT molecular complexity index is 1230. The summed E-state index contributed by atoms with van der Waals surface area (Å²) in [6, 6.07) is 17.2. The van der Waals surface area contributed by atoms with Gasteiger partial charge in [0.05, 0.1) is 21.2 Å². The van der Waals surface area contributed by atoms with Gasteiger partial charge in [0.2, 0.25) is 0 Å². The summed E-state index contributed by atoms with van der Waals surface area (Å²) in [6.07, 6.45) is 1.67. The molecule has 0 spiro atoms. The number of aliphatic imine (C=N–C) groups is 1. The van der Waals surface area contributed by atoms with Gasteiger partial charge in [-0.1, -0.05) is 29.8 Å². The number of benzene rings is 2. The van der Waals surface area contributed by atoms with Gasteiger partial charge in [-0.25, -0.2) is 9.79 Å². The first kappa shape index (κ1) is 21.0. The van der Waals surface area contributed by atoms with Crippen molar-refractivity contribution in [2.24, 2.45) is 4.99 Å². The Morgan fingerprint density at radius 3 is 2.74 bits per heavy atom. The van der Waals surface area contributed by atoms with Gasteiger partial charge in [-0.15, -0.1) is 0 Å². The van der Waals surface area contributed by atoms with Crippen molar-refractivity contribution >= 4 is 52.2 Å². The molecular weight excluding hydrogens is 436 g/mol. The van der Waals surface area contributed by atoms with Gasteiger partial charge >= 0.3 is 5.97 Å². The van der Waals surface area contributed by atoms with Crippen LogP contribution < -0.4 is 0 Å². The Hall–Kier alpha value is -3.29. The average Bonchev–Trinajstić information content (AvgIpc) is 3.33. The number of hydrogen-bond acceptors (Lipinski definition) is 5. The molecule has 0 radical (unpaired) electrons. The van der Waals surface area contributed by atoms with Crippen molar-refractivity contribution in [3.05, 3.63) is 81.9 Å². The van der Waals surface area contributed by atoms with Crippen LogP contribution in [0.4, 0.5) is 5.69 Å². The summed E-state index contributed by atoms with van der Waals surface area (Å²) >= 11 is 7.45. The fraction of sp³-hybridized carbons (Fsp3) is 0.0870. The third-order valence-corrected chi connectivity index (χ3v) is 5.90. The number of amidine groups is 1. The van der Waals surface area contributed by atoms with E-state index < -0.39 is 5.97 Å². The van der Waals surface area contributed by atoms with Crippen molar-refractivity contribution in [1.29, 1.82) is 0 Å². The second kappa shape index (κ2) is 8.83. The predicted octanol–water partition coefficient (Wildman–Crippen LogP) is 5.92. The van der Waals surface area contributed by atoms with Crippen LogP contribution in [0.1, 0.15) is 23.0 Å². The number of likely N-dealkylation sites (N-methyl/N-ethyl adjacent to an activating group) is 1. The topological polar surface area (TPSA) is 83.1 Å². The number of halogens is 1. The number of aromatic carboxylic acids is 1. The molecule has 1 aliphatic heterocycles. The second-order valence-corrected chi connectivity index (χ2v) is 8.01. The molecule has 0 bridgehead atoms. The van der Waals surface area contributed by atoms with Crippen LogP contribution in [0.3, 0.4) is 0 Å². The summed E-state index contributed by atoms with van der Waals surface area (Å²) < 4.78 is 5.88. The van der Waals surface area contributed by atoms with Crippen LogP contribution in [0, 0.1) is 0 Å². The summed E-state index contributed by atoms with van der Waals surface area (Å²) in [6.45, 7) is 2.29. The maximum atomic E-state index is 12.8. The molecule has 31 heavy (non-hydrogen) atoms. The fourth-order valence-electron chi connectivity index (χ4n) is 3.05. The van der Waals surface area contributed by atoms with E-state index in [0.29, 0.717) is 38.8 Å². The zero-order chi connectivity index (χ0) is 22.0. The molecule has 1 aliphatic rings. The van der Waals surface area contributed by atoms with E-state index >= 15 is 0 Å². The lowest BCUT2D eigenvalue weighted by Gasteiger charge is -2.12. The van der Waals surface area contributed by atoms with Crippen molar-refractivity contribution in [2.75, 3.05) is 6.54 Å². The van der Waals surface area contributed by atoms with Crippen LogP contribution >= 0.6 is 23.4 Å². The highest BCUT2D eigenvalue weighted by Gasteiger charge is 2.32. The van der Waals surface area contributed by atoms with Gasteiger partial charge in [0, 0.05) is 18.2 Å². The van der Waals surface area contributed by atoms with Gasteiger partial charge in [0.1, 0.15) is 11.5 Å². The Labute approximate surface area is 187 Å². The molecule has 0 unspecified atom stereocenters. The van der Waals surface area contributed by atoms with Gasteiger partial charge in [-0.05, 0) is 61.2 Å².